The predicted molar refractivity (Wildman–Crippen MR) is 79.2 cm³/mol. The van der Waals surface area contributed by atoms with Crippen LogP contribution in [0.2, 0.25) is 0 Å². The molecule has 1 unspecified atom stereocenters. The second-order valence-corrected chi connectivity index (χ2v) is 7.08. The van der Waals surface area contributed by atoms with Crippen molar-refractivity contribution in [3.8, 4) is 0 Å². The molecule has 0 amide bonds. The van der Waals surface area contributed by atoms with Crippen LogP contribution in [0, 0.1) is 5.92 Å². The van der Waals surface area contributed by atoms with Gasteiger partial charge in [-0.25, -0.2) is 4.68 Å². The van der Waals surface area contributed by atoms with Crippen molar-refractivity contribution in [1.29, 1.82) is 0 Å². The summed E-state index contributed by atoms with van der Waals surface area (Å²) in [4.78, 5) is 0. The fourth-order valence-electron chi connectivity index (χ4n) is 2.79. The normalized spacial score (nSPS) is 18.6. The van der Waals surface area contributed by atoms with Crippen LogP contribution in [0.25, 0.3) is 0 Å². The molecule has 1 aromatic rings. The Morgan fingerprint density at radius 2 is 2.10 bits per heavy atom. The molecule has 5 heteroatoms. The van der Waals surface area contributed by atoms with E-state index < -0.39 is 0 Å². The highest BCUT2D eigenvalue weighted by Crippen LogP contribution is 2.28. The molecule has 0 radical (unpaired) electrons. The van der Waals surface area contributed by atoms with Crippen LogP contribution in [0.5, 0.6) is 0 Å². The molecule has 20 heavy (non-hydrogen) atoms. The van der Waals surface area contributed by atoms with E-state index in [1.54, 1.807) is 4.68 Å². The fourth-order valence-corrected chi connectivity index (χ4v) is 2.79. The van der Waals surface area contributed by atoms with Crippen molar-refractivity contribution < 1.29 is 5.11 Å². The number of aromatic nitrogens is 3. The van der Waals surface area contributed by atoms with Gasteiger partial charge in [0.15, 0.2) is 0 Å². The molecule has 0 bridgehead atoms. The number of aliphatic hydroxyl groups is 1. The number of aliphatic hydroxyl groups excluding tert-OH is 1. The minimum Gasteiger partial charge on any atom is -0.391 e. The van der Waals surface area contributed by atoms with Gasteiger partial charge < -0.3 is 10.4 Å². The zero-order valence-corrected chi connectivity index (χ0v) is 13.0. The molecule has 5 nitrogen and oxygen atoms in total. The number of nitrogens with zero attached hydrogens (tertiary/aromatic N) is 3. The summed E-state index contributed by atoms with van der Waals surface area (Å²) >= 11 is 0. The summed E-state index contributed by atoms with van der Waals surface area (Å²) in [6.45, 7) is 7.65. The lowest BCUT2D eigenvalue weighted by molar-refractivity contribution is 0.120. The molecule has 114 valence electrons. The Hall–Kier alpha value is -0.940. The van der Waals surface area contributed by atoms with Crippen LogP contribution in [0.4, 0.5) is 0 Å². The molecule has 2 N–H and O–H groups in total. The molecule has 0 aliphatic heterocycles. The Kier molecular flexibility index (Phi) is 5.16. The Labute approximate surface area is 121 Å². The van der Waals surface area contributed by atoms with Crippen molar-refractivity contribution in [2.45, 2.75) is 77.6 Å². The van der Waals surface area contributed by atoms with Crippen molar-refractivity contribution >= 4 is 0 Å². The minimum atomic E-state index is -0.303. The van der Waals surface area contributed by atoms with Gasteiger partial charge in [-0.15, -0.1) is 5.10 Å². The standard InChI is InChI=1S/C15H28N4O/c1-15(2,3)16-9-13-10-19(18-17-13)11-14(20)8-12-6-4-5-7-12/h10,12,14,16,20H,4-9,11H2,1-3H3. The molecule has 0 spiro atoms. The Balaban J connectivity index is 1.76. The van der Waals surface area contributed by atoms with Crippen LogP contribution >= 0.6 is 0 Å². The molecule has 0 aromatic carbocycles. The third-order valence-electron chi connectivity index (χ3n) is 3.86. The molecule has 1 saturated carbocycles. The van der Waals surface area contributed by atoms with Gasteiger partial charge in [0, 0.05) is 18.3 Å². The quantitative estimate of drug-likeness (QED) is 0.837. The van der Waals surface area contributed by atoms with E-state index in [2.05, 4.69) is 36.4 Å². The van der Waals surface area contributed by atoms with Crippen molar-refractivity contribution in [2.24, 2.45) is 5.92 Å². The summed E-state index contributed by atoms with van der Waals surface area (Å²) in [5.74, 6) is 0.704. The monoisotopic (exact) mass is 280 g/mol. The Morgan fingerprint density at radius 3 is 2.75 bits per heavy atom. The molecule has 1 atom stereocenters. The van der Waals surface area contributed by atoms with E-state index >= 15 is 0 Å². The van der Waals surface area contributed by atoms with Gasteiger partial charge in [-0.1, -0.05) is 30.9 Å². The molecule has 1 fully saturated rings. The zero-order valence-electron chi connectivity index (χ0n) is 13.0. The first-order chi connectivity index (χ1) is 9.42. The van der Waals surface area contributed by atoms with Crippen LogP contribution < -0.4 is 5.32 Å². The number of hydrogen-bond donors (Lipinski definition) is 2. The Bertz CT molecular complexity index is 404. The van der Waals surface area contributed by atoms with Gasteiger partial charge >= 0.3 is 0 Å². The Morgan fingerprint density at radius 1 is 1.40 bits per heavy atom. The molecule has 1 aliphatic rings. The van der Waals surface area contributed by atoms with Crippen molar-refractivity contribution in [3.05, 3.63) is 11.9 Å². The van der Waals surface area contributed by atoms with E-state index in [-0.39, 0.29) is 11.6 Å². The lowest BCUT2D eigenvalue weighted by Gasteiger charge is -2.19. The smallest absolute Gasteiger partial charge is 0.0965 e. The first-order valence-corrected chi connectivity index (χ1v) is 7.74. The topological polar surface area (TPSA) is 63.0 Å². The van der Waals surface area contributed by atoms with Crippen LogP contribution in [-0.4, -0.2) is 31.7 Å². The van der Waals surface area contributed by atoms with Gasteiger partial charge in [0.05, 0.1) is 18.3 Å². The third kappa shape index (κ3) is 5.21. The third-order valence-corrected chi connectivity index (χ3v) is 3.86. The molecular formula is C15H28N4O. The maximum Gasteiger partial charge on any atom is 0.0965 e. The number of hydrogen-bond acceptors (Lipinski definition) is 4. The SMILES string of the molecule is CC(C)(C)NCc1cn(CC(O)CC2CCCC2)nn1. The van der Waals surface area contributed by atoms with Crippen molar-refractivity contribution in [3.63, 3.8) is 0 Å². The van der Waals surface area contributed by atoms with Gasteiger partial charge in [0.25, 0.3) is 0 Å². The van der Waals surface area contributed by atoms with Crippen LogP contribution in [0.15, 0.2) is 6.20 Å². The highest BCUT2D eigenvalue weighted by atomic mass is 16.3. The summed E-state index contributed by atoms with van der Waals surface area (Å²) in [5.41, 5.74) is 0.999. The molecule has 1 aliphatic carbocycles. The van der Waals surface area contributed by atoms with Crippen LogP contribution in [0.3, 0.4) is 0 Å². The van der Waals surface area contributed by atoms with E-state index in [1.165, 1.54) is 25.7 Å². The first kappa shape index (κ1) is 15.4. The van der Waals surface area contributed by atoms with Gasteiger partial charge in [-0.3, -0.25) is 0 Å². The zero-order chi connectivity index (χ0) is 14.6. The summed E-state index contributed by atoms with van der Waals surface area (Å²) in [7, 11) is 0. The maximum atomic E-state index is 10.1. The maximum absolute atomic E-state index is 10.1. The highest BCUT2D eigenvalue weighted by molar-refractivity contribution is 4.93. The number of rotatable bonds is 6. The van der Waals surface area contributed by atoms with Gasteiger partial charge in [-0.2, -0.15) is 0 Å². The predicted octanol–water partition coefficient (Wildman–Crippen LogP) is 2.11. The van der Waals surface area contributed by atoms with Crippen molar-refractivity contribution in [2.75, 3.05) is 0 Å². The fraction of sp³-hybridized carbons (Fsp3) is 0.867. The minimum absolute atomic E-state index is 0.0752. The largest absolute Gasteiger partial charge is 0.391 e. The average molecular weight is 280 g/mol. The van der Waals surface area contributed by atoms with Gasteiger partial charge in [0.2, 0.25) is 0 Å². The van der Waals surface area contributed by atoms with E-state index in [4.69, 9.17) is 0 Å². The summed E-state index contributed by atoms with van der Waals surface area (Å²) in [6.07, 6.45) is 7.71. The molecule has 1 heterocycles. The lowest BCUT2D eigenvalue weighted by atomic mass is 10.0. The average Bonchev–Trinajstić information content (AvgIpc) is 2.97. The molecule has 2 rings (SSSR count). The number of nitrogens with one attached hydrogen (secondary N) is 1. The summed E-state index contributed by atoms with van der Waals surface area (Å²) < 4.78 is 1.76. The van der Waals surface area contributed by atoms with Gasteiger partial charge in [0.1, 0.15) is 0 Å². The van der Waals surface area contributed by atoms with Gasteiger partial charge in [-0.05, 0) is 33.1 Å². The second kappa shape index (κ2) is 6.68. The van der Waals surface area contributed by atoms with Crippen LogP contribution in [0.1, 0.15) is 58.6 Å². The molecular weight excluding hydrogens is 252 g/mol. The van der Waals surface area contributed by atoms with E-state index in [0.29, 0.717) is 19.0 Å². The lowest BCUT2D eigenvalue weighted by Crippen LogP contribution is -2.35. The van der Waals surface area contributed by atoms with E-state index in [1.807, 2.05) is 6.20 Å². The molecule has 0 saturated heterocycles. The second-order valence-electron chi connectivity index (χ2n) is 7.08. The summed E-state index contributed by atoms with van der Waals surface area (Å²) in [5, 5.41) is 21.8. The van der Waals surface area contributed by atoms with Crippen molar-refractivity contribution in [1.82, 2.24) is 20.3 Å². The highest BCUT2D eigenvalue weighted by Gasteiger charge is 2.19. The first-order valence-electron chi connectivity index (χ1n) is 7.74. The van der Waals surface area contributed by atoms with E-state index in [0.717, 1.165) is 12.1 Å². The summed E-state index contributed by atoms with van der Waals surface area (Å²) in [6, 6.07) is 0. The molecule has 1 aromatic heterocycles. The van der Waals surface area contributed by atoms with E-state index in [9.17, 15) is 5.11 Å². The van der Waals surface area contributed by atoms with Crippen LogP contribution in [-0.2, 0) is 13.1 Å².